The molecule has 5 heteroatoms. The van der Waals surface area contributed by atoms with Gasteiger partial charge in [0, 0.05) is 0 Å². The maximum atomic E-state index is 10.8. The Hall–Kier alpha value is -1.10. The van der Waals surface area contributed by atoms with Crippen LogP contribution in [0.4, 0.5) is 4.79 Å². The average Bonchev–Trinajstić information content (AvgIpc) is 2.02. The van der Waals surface area contributed by atoms with E-state index < -0.39 is 11.9 Å². The van der Waals surface area contributed by atoms with Crippen molar-refractivity contribution in [2.45, 2.75) is 20.3 Å². The van der Waals surface area contributed by atoms with Gasteiger partial charge in [0.2, 0.25) is 5.91 Å². The van der Waals surface area contributed by atoms with Gasteiger partial charge >= 0.3 is 6.03 Å². The molecule has 1 atom stereocenters. The van der Waals surface area contributed by atoms with Crippen molar-refractivity contribution in [1.82, 2.24) is 10.6 Å². The normalized spacial score (nSPS) is 12.2. The third-order valence-corrected chi connectivity index (χ3v) is 1.74. The van der Waals surface area contributed by atoms with Gasteiger partial charge in [0.1, 0.15) is 0 Å². The molecule has 3 amide bonds. The number of carbonyl (C=O) groups excluding carboxylic acids is 2. The molecule has 0 fully saturated rings. The molecule has 0 aliphatic carbocycles. The number of carbonyl (C=O) groups is 2. The molecule has 0 aromatic rings. The summed E-state index contributed by atoms with van der Waals surface area (Å²) in [5.41, 5.74) is 4.75. The van der Waals surface area contributed by atoms with Crippen molar-refractivity contribution in [3.8, 4) is 0 Å². The fraction of sp³-hybridized carbons (Fsp3) is 0.750. The van der Waals surface area contributed by atoms with Crippen molar-refractivity contribution < 1.29 is 9.59 Å². The average molecular weight is 187 g/mol. The minimum Gasteiger partial charge on any atom is -0.351 e. The van der Waals surface area contributed by atoms with E-state index in [-0.39, 0.29) is 6.54 Å². The first kappa shape index (κ1) is 11.9. The summed E-state index contributed by atoms with van der Waals surface area (Å²) in [7, 11) is 0. The van der Waals surface area contributed by atoms with Crippen molar-refractivity contribution in [3.05, 3.63) is 0 Å². The molecule has 0 aromatic carbocycles. The number of hydrogen-bond acceptors (Lipinski definition) is 3. The highest BCUT2D eigenvalue weighted by Crippen LogP contribution is 1.96. The van der Waals surface area contributed by atoms with Crippen molar-refractivity contribution in [1.29, 1.82) is 0 Å². The van der Waals surface area contributed by atoms with Crippen LogP contribution in [0, 0.1) is 5.92 Å². The molecule has 0 rings (SSSR count). The number of urea groups is 1. The number of hydrogen-bond donors (Lipinski definition) is 3. The molecule has 1 unspecified atom stereocenters. The lowest BCUT2D eigenvalue weighted by Gasteiger charge is -2.08. The lowest BCUT2D eigenvalue weighted by Crippen LogP contribution is -2.41. The van der Waals surface area contributed by atoms with E-state index in [1.165, 1.54) is 0 Å². The van der Waals surface area contributed by atoms with Crippen molar-refractivity contribution in [2.75, 3.05) is 13.1 Å². The SMILES string of the molecule is CCC(C)CNCC(=O)NC(N)=O. The summed E-state index contributed by atoms with van der Waals surface area (Å²) < 4.78 is 0. The Labute approximate surface area is 78.1 Å². The highest BCUT2D eigenvalue weighted by atomic mass is 16.2. The van der Waals surface area contributed by atoms with Gasteiger partial charge in [0.15, 0.2) is 0 Å². The van der Waals surface area contributed by atoms with Crippen LogP contribution in [0.25, 0.3) is 0 Å². The third-order valence-electron chi connectivity index (χ3n) is 1.74. The molecule has 0 aliphatic heterocycles. The molecule has 13 heavy (non-hydrogen) atoms. The fourth-order valence-corrected chi connectivity index (χ4v) is 0.758. The highest BCUT2D eigenvalue weighted by molar-refractivity contribution is 5.94. The summed E-state index contributed by atoms with van der Waals surface area (Å²) in [5, 5.41) is 4.89. The molecule has 0 saturated heterocycles. The van der Waals surface area contributed by atoms with Crippen molar-refractivity contribution >= 4 is 11.9 Å². The largest absolute Gasteiger partial charge is 0.351 e. The van der Waals surface area contributed by atoms with Crippen LogP contribution < -0.4 is 16.4 Å². The first-order valence-electron chi connectivity index (χ1n) is 4.36. The predicted octanol–water partition coefficient (Wildman–Crippen LogP) is -0.183. The second kappa shape index (κ2) is 6.42. The molecular weight excluding hydrogens is 170 g/mol. The lowest BCUT2D eigenvalue weighted by molar-refractivity contribution is -0.119. The van der Waals surface area contributed by atoms with Crippen LogP contribution >= 0.6 is 0 Å². The molecule has 0 aliphatic rings. The van der Waals surface area contributed by atoms with Gasteiger partial charge in [-0.15, -0.1) is 0 Å². The van der Waals surface area contributed by atoms with Crippen LogP contribution in [0.15, 0.2) is 0 Å². The highest BCUT2D eigenvalue weighted by Gasteiger charge is 2.04. The van der Waals surface area contributed by atoms with Gasteiger partial charge in [-0.1, -0.05) is 20.3 Å². The van der Waals surface area contributed by atoms with Crippen LogP contribution in [0.2, 0.25) is 0 Å². The van der Waals surface area contributed by atoms with E-state index in [0.29, 0.717) is 5.92 Å². The lowest BCUT2D eigenvalue weighted by atomic mass is 10.1. The van der Waals surface area contributed by atoms with Crippen molar-refractivity contribution in [2.24, 2.45) is 11.7 Å². The summed E-state index contributed by atoms with van der Waals surface area (Å²) >= 11 is 0. The maximum absolute atomic E-state index is 10.8. The van der Waals surface area contributed by atoms with Crippen molar-refractivity contribution in [3.63, 3.8) is 0 Å². The van der Waals surface area contributed by atoms with Crippen LogP contribution in [0.5, 0.6) is 0 Å². The molecule has 0 bridgehead atoms. The molecule has 76 valence electrons. The molecule has 5 nitrogen and oxygen atoms in total. The molecular formula is C8H17N3O2. The Bertz CT molecular complexity index is 182. The van der Waals surface area contributed by atoms with Crippen LogP contribution in [-0.2, 0) is 4.79 Å². The molecule has 0 heterocycles. The molecule has 0 radical (unpaired) electrons. The zero-order valence-electron chi connectivity index (χ0n) is 8.09. The third kappa shape index (κ3) is 7.27. The van der Waals surface area contributed by atoms with E-state index in [0.717, 1.165) is 13.0 Å². The van der Waals surface area contributed by atoms with Crippen LogP contribution in [0.1, 0.15) is 20.3 Å². The number of primary amides is 1. The fourth-order valence-electron chi connectivity index (χ4n) is 0.758. The van der Waals surface area contributed by atoms with Gasteiger partial charge in [-0.3, -0.25) is 10.1 Å². The minimum absolute atomic E-state index is 0.132. The van der Waals surface area contributed by atoms with Crippen LogP contribution in [0.3, 0.4) is 0 Å². The smallest absolute Gasteiger partial charge is 0.318 e. The summed E-state index contributed by atoms with van der Waals surface area (Å²) in [6, 6.07) is -0.810. The van der Waals surface area contributed by atoms with Crippen LogP contribution in [-0.4, -0.2) is 25.0 Å². The van der Waals surface area contributed by atoms with Gasteiger partial charge in [-0.2, -0.15) is 0 Å². The van der Waals surface area contributed by atoms with Gasteiger partial charge in [-0.25, -0.2) is 4.79 Å². The topological polar surface area (TPSA) is 84.2 Å². The Morgan fingerprint density at radius 3 is 2.54 bits per heavy atom. The summed E-state index contributed by atoms with van der Waals surface area (Å²) in [4.78, 5) is 21.1. The van der Waals surface area contributed by atoms with E-state index in [9.17, 15) is 9.59 Å². The monoisotopic (exact) mass is 187 g/mol. The number of amides is 3. The Kier molecular flexibility index (Phi) is 5.88. The molecule has 0 aromatic heterocycles. The first-order chi connectivity index (χ1) is 6.06. The van der Waals surface area contributed by atoms with E-state index in [2.05, 4.69) is 19.2 Å². The number of nitrogens with one attached hydrogen (secondary N) is 2. The zero-order valence-corrected chi connectivity index (χ0v) is 8.09. The number of imide groups is 1. The van der Waals surface area contributed by atoms with Gasteiger partial charge in [0.05, 0.1) is 6.54 Å². The standard InChI is InChI=1S/C8H17N3O2/c1-3-6(2)4-10-5-7(12)11-8(9)13/h6,10H,3-5H2,1-2H3,(H3,9,11,12,13). The second-order valence-corrected chi connectivity index (χ2v) is 3.06. The summed E-state index contributed by atoms with van der Waals surface area (Å²) in [5.74, 6) is 0.136. The number of rotatable bonds is 5. The molecule has 0 saturated carbocycles. The zero-order chi connectivity index (χ0) is 10.3. The molecule has 0 spiro atoms. The Morgan fingerprint density at radius 2 is 2.08 bits per heavy atom. The van der Waals surface area contributed by atoms with Gasteiger partial charge in [-0.05, 0) is 12.5 Å². The summed E-state index contributed by atoms with van der Waals surface area (Å²) in [6.07, 6.45) is 1.06. The maximum Gasteiger partial charge on any atom is 0.318 e. The van der Waals surface area contributed by atoms with Gasteiger partial charge < -0.3 is 11.1 Å². The number of nitrogens with two attached hydrogens (primary N) is 1. The van der Waals surface area contributed by atoms with E-state index in [4.69, 9.17) is 5.73 Å². The first-order valence-corrected chi connectivity index (χ1v) is 4.36. The second-order valence-electron chi connectivity index (χ2n) is 3.06. The summed E-state index contributed by atoms with van der Waals surface area (Å²) in [6.45, 7) is 5.06. The molecule has 4 N–H and O–H groups in total. The van der Waals surface area contributed by atoms with E-state index in [1.54, 1.807) is 0 Å². The van der Waals surface area contributed by atoms with E-state index in [1.807, 2.05) is 5.32 Å². The minimum atomic E-state index is -0.810. The Morgan fingerprint density at radius 1 is 1.46 bits per heavy atom. The predicted molar refractivity (Wildman–Crippen MR) is 50.1 cm³/mol. The van der Waals surface area contributed by atoms with Gasteiger partial charge in [0.25, 0.3) is 0 Å². The Balaban J connectivity index is 3.42. The van der Waals surface area contributed by atoms with E-state index >= 15 is 0 Å². The quantitative estimate of drug-likeness (QED) is 0.558.